The second kappa shape index (κ2) is 9.05. The van der Waals surface area contributed by atoms with Crippen LogP contribution in [0, 0.1) is 5.82 Å². The van der Waals surface area contributed by atoms with Crippen molar-refractivity contribution < 1.29 is 18.7 Å². The molecule has 0 amide bonds. The lowest BCUT2D eigenvalue weighted by atomic mass is 10.1. The lowest BCUT2D eigenvalue weighted by Gasteiger charge is -2.09. The van der Waals surface area contributed by atoms with Crippen LogP contribution in [0.5, 0.6) is 5.75 Å². The van der Waals surface area contributed by atoms with E-state index in [4.69, 9.17) is 9.47 Å². The molecule has 1 heterocycles. The van der Waals surface area contributed by atoms with E-state index >= 15 is 0 Å². The predicted octanol–water partition coefficient (Wildman–Crippen LogP) is 4.91. The molecule has 0 aliphatic carbocycles. The maximum atomic E-state index is 13.6. The Morgan fingerprint density at radius 1 is 0.867 bits per heavy atom. The highest BCUT2D eigenvalue weighted by atomic mass is 19.1. The molecule has 4 aromatic rings. The quantitative estimate of drug-likeness (QED) is 0.325. The predicted molar refractivity (Wildman–Crippen MR) is 111 cm³/mol. The first kappa shape index (κ1) is 19.4. The highest BCUT2D eigenvalue weighted by Crippen LogP contribution is 2.22. The van der Waals surface area contributed by atoms with Gasteiger partial charge in [-0.2, -0.15) is 5.10 Å². The van der Waals surface area contributed by atoms with Crippen LogP contribution >= 0.6 is 0 Å². The molecule has 30 heavy (non-hydrogen) atoms. The second-order valence-corrected chi connectivity index (χ2v) is 6.44. The van der Waals surface area contributed by atoms with E-state index in [0.717, 1.165) is 11.3 Å². The van der Waals surface area contributed by atoms with Crippen LogP contribution in [0.2, 0.25) is 0 Å². The third kappa shape index (κ3) is 4.38. The summed E-state index contributed by atoms with van der Waals surface area (Å²) in [5.74, 6) is -0.876. The summed E-state index contributed by atoms with van der Waals surface area (Å²) in [5, 5.41) is 4.59. The molecule has 5 nitrogen and oxygen atoms in total. The third-order valence-electron chi connectivity index (χ3n) is 4.40. The van der Waals surface area contributed by atoms with E-state index in [9.17, 15) is 9.18 Å². The van der Waals surface area contributed by atoms with Gasteiger partial charge < -0.3 is 9.47 Å². The molecule has 6 heteroatoms. The van der Waals surface area contributed by atoms with Gasteiger partial charge in [-0.05, 0) is 30.3 Å². The first-order valence-electron chi connectivity index (χ1n) is 9.48. The molecular formula is C24H19FN2O3. The van der Waals surface area contributed by atoms with Gasteiger partial charge in [-0.25, -0.2) is 13.9 Å². The fourth-order valence-electron chi connectivity index (χ4n) is 2.96. The van der Waals surface area contributed by atoms with E-state index in [1.165, 1.54) is 12.1 Å². The van der Waals surface area contributed by atoms with Crippen LogP contribution in [0.15, 0.2) is 91.0 Å². The average molecular weight is 402 g/mol. The molecule has 0 saturated carbocycles. The smallest absolute Gasteiger partial charge is 0.357 e. The summed E-state index contributed by atoms with van der Waals surface area (Å²) in [6, 6.07) is 26.7. The van der Waals surface area contributed by atoms with E-state index in [-0.39, 0.29) is 19.0 Å². The maximum Gasteiger partial charge on any atom is 0.357 e. The van der Waals surface area contributed by atoms with Crippen LogP contribution in [-0.4, -0.2) is 29.0 Å². The zero-order chi connectivity index (χ0) is 20.8. The second-order valence-electron chi connectivity index (χ2n) is 6.44. The third-order valence-corrected chi connectivity index (χ3v) is 4.40. The maximum absolute atomic E-state index is 13.6. The Morgan fingerprint density at radius 3 is 2.27 bits per heavy atom. The summed E-state index contributed by atoms with van der Waals surface area (Å²) >= 11 is 0. The fraction of sp³-hybridized carbons (Fsp3) is 0.0833. The Morgan fingerprint density at radius 2 is 1.53 bits per heavy atom. The molecule has 4 rings (SSSR count). The van der Waals surface area contributed by atoms with Gasteiger partial charge in [0.1, 0.15) is 13.2 Å². The molecule has 0 saturated heterocycles. The number of hydrogen-bond acceptors (Lipinski definition) is 4. The highest BCUT2D eigenvalue weighted by Gasteiger charge is 2.19. The largest absolute Gasteiger partial charge is 0.487 e. The minimum atomic E-state index is -0.536. The van der Waals surface area contributed by atoms with Gasteiger partial charge in [0.15, 0.2) is 17.3 Å². The van der Waals surface area contributed by atoms with Crippen molar-refractivity contribution >= 4 is 5.97 Å². The van der Waals surface area contributed by atoms with Gasteiger partial charge in [0.25, 0.3) is 0 Å². The number of hydrogen-bond donors (Lipinski definition) is 0. The molecule has 0 radical (unpaired) electrons. The summed E-state index contributed by atoms with van der Waals surface area (Å²) in [4.78, 5) is 12.7. The SMILES string of the molecule is O=C(OCCOc1ccccc1F)c1cc(-c2ccccc2)nn1-c1ccccc1. The summed E-state index contributed by atoms with van der Waals surface area (Å²) in [7, 11) is 0. The summed E-state index contributed by atoms with van der Waals surface area (Å²) in [6.45, 7) is 0.0193. The number of ether oxygens (including phenoxy) is 2. The molecule has 0 aliphatic rings. The van der Waals surface area contributed by atoms with E-state index in [1.54, 1.807) is 22.9 Å². The van der Waals surface area contributed by atoms with Crippen molar-refractivity contribution in [3.63, 3.8) is 0 Å². The number of para-hydroxylation sites is 2. The number of carbonyl (C=O) groups excluding carboxylic acids is 1. The van der Waals surface area contributed by atoms with Crippen LogP contribution in [0.4, 0.5) is 4.39 Å². The lowest BCUT2D eigenvalue weighted by molar-refractivity contribution is 0.0438. The topological polar surface area (TPSA) is 53.4 Å². The average Bonchev–Trinajstić information content (AvgIpc) is 3.25. The van der Waals surface area contributed by atoms with Gasteiger partial charge >= 0.3 is 5.97 Å². The Balaban J connectivity index is 1.51. The van der Waals surface area contributed by atoms with E-state index in [1.807, 2.05) is 60.7 Å². The number of benzene rings is 3. The number of rotatable bonds is 7. The minimum absolute atomic E-state index is 0.0200. The van der Waals surface area contributed by atoms with Crippen LogP contribution in [0.3, 0.4) is 0 Å². The number of aromatic nitrogens is 2. The zero-order valence-corrected chi connectivity index (χ0v) is 16.1. The monoisotopic (exact) mass is 402 g/mol. The first-order valence-corrected chi connectivity index (χ1v) is 9.48. The summed E-state index contributed by atoms with van der Waals surface area (Å²) < 4.78 is 25.9. The van der Waals surface area contributed by atoms with Crippen LogP contribution in [-0.2, 0) is 4.74 Å². The van der Waals surface area contributed by atoms with Crippen LogP contribution in [0.1, 0.15) is 10.5 Å². The molecular weight excluding hydrogens is 383 g/mol. The van der Waals surface area contributed by atoms with Crippen molar-refractivity contribution in [1.29, 1.82) is 0 Å². The van der Waals surface area contributed by atoms with Gasteiger partial charge in [0.2, 0.25) is 0 Å². The Bertz CT molecular complexity index is 1130. The van der Waals surface area contributed by atoms with Crippen molar-refractivity contribution in [2.75, 3.05) is 13.2 Å². The van der Waals surface area contributed by atoms with E-state index in [0.29, 0.717) is 11.4 Å². The Labute approximate surface area is 173 Å². The fourth-order valence-corrected chi connectivity index (χ4v) is 2.96. The molecule has 0 atom stereocenters. The Hall–Kier alpha value is -3.93. The Kier molecular flexibility index (Phi) is 5.85. The number of nitrogens with zero attached hydrogens (tertiary/aromatic N) is 2. The first-order chi connectivity index (χ1) is 14.7. The normalized spacial score (nSPS) is 10.6. The van der Waals surface area contributed by atoms with Crippen molar-refractivity contribution in [2.24, 2.45) is 0 Å². The molecule has 0 aliphatic heterocycles. The molecule has 0 spiro atoms. The molecule has 150 valence electrons. The number of halogens is 1. The van der Waals surface area contributed by atoms with E-state index < -0.39 is 11.8 Å². The van der Waals surface area contributed by atoms with Crippen molar-refractivity contribution in [3.05, 3.63) is 103 Å². The lowest BCUT2D eigenvalue weighted by Crippen LogP contribution is -2.16. The van der Waals surface area contributed by atoms with Crippen molar-refractivity contribution in [2.45, 2.75) is 0 Å². The molecule has 0 N–H and O–H groups in total. The van der Waals surface area contributed by atoms with E-state index in [2.05, 4.69) is 5.10 Å². The van der Waals surface area contributed by atoms with Crippen molar-refractivity contribution in [3.8, 4) is 22.7 Å². The number of esters is 1. The van der Waals surface area contributed by atoms with Crippen molar-refractivity contribution in [1.82, 2.24) is 9.78 Å². The molecule has 3 aromatic carbocycles. The summed E-state index contributed by atoms with van der Waals surface area (Å²) in [5.41, 5.74) is 2.60. The highest BCUT2D eigenvalue weighted by molar-refractivity contribution is 5.89. The molecule has 0 fully saturated rings. The van der Waals surface area contributed by atoms with Gasteiger partial charge in [0.05, 0.1) is 11.4 Å². The number of carbonyl (C=O) groups is 1. The zero-order valence-electron chi connectivity index (χ0n) is 16.1. The summed E-state index contributed by atoms with van der Waals surface area (Å²) in [6.07, 6.45) is 0. The van der Waals surface area contributed by atoms with Gasteiger partial charge in [0, 0.05) is 5.56 Å². The minimum Gasteiger partial charge on any atom is -0.487 e. The van der Waals surface area contributed by atoms with Crippen LogP contribution in [0.25, 0.3) is 16.9 Å². The molecule has 0 bridgehead atoms. The van der Waals surface area contributed by atoms with Crippen LogP contribution < -0.4 is 4.74 Å². The molecule has 0 unspecified atom stereocenters. The standard InChI is InChI=1S/C24H19FN2O3/c25-20-13-7-8-14-23(20)29-15-16-30-24(28)22-17-21(18-9-3-1-4-10-18)26-27(22)19-11-5-2-6-12-19/h1-14,17H,15-16H2. The van der Waals surface area contributed by atoms with Gasteiger partial charge in [-0.1, -0.05) is 60.7 Å². The molecule has 1 aromatic heterocycles. The van der Waals surface area contributed by atoms with Gasteiger partial charge in [-0.15, -0.1) is 0 Å². The van der Waals surface area contributed by atoms with Gasteiger partial charge in [-0.3, -0.25) is 0 Å².